The molecule has 5 aliphatic heterocycles. The van der Waals surface area contributed by atoms with Gasteiger partial charge in [-0.25, -0.2) is 19.2 Å². The fourth-order valence-electron chi connectivity index (χ4n) is 10.9. The number of carbonyl (C=O) groups is 20. The summed E-state index contributed by atoms with van der Waals surface area (Å²) in [5.74, 6) is -10.4. The Labute approximate surface area is 691 Å². The van der Waals surface area contributed by atoms with Crippen molar-refractivity contribution in [3.63, 3.8) is 0 Å². The summed E-state index contributed by atoms with van der Waals surface area (Å²) in [7, 11) is 0. The molecule has 6 unspecified atom stereocenters. The molecule has 6 fully saturated rings. The van der Waals surface area contributed by atoms with E-state index in [0.717, 1.165) is 95.6 Å². The maximum atomic E-state index is 11.6. The first-order chi connectivity index (χ1) is 56.1. The van der Waals surface area contributed by atoms with Crippen LogP contribution in [0, 0.1) is 47.3 Å². The molecule has 2 aromatic rings. The molecule has 118 heavy (non-hydrogen) atoms. The zero-order valence-corrected chi connectivity index (χ0v) is 70.3. The quantitative estimate of drug-likeness (QED) is 0.0277. The zero-order valence-electron chi connectivity index (χ0n) is 70.3. The second-order valence-corrected chi connectivity index (χ2v) is 28.2. The lowest BCUT2D eigenvalue weighted by atomic mass is 9.81. The predicted octanol–water partition coefficient (Wildman–Crippen LogP) is 14.8. The van der Waals surface area contributed by atoms with E-state index in [1.54, 1.807) is 108 Å². The van der Waals surface area contributed by atoms with Gasteiger partial charge in [0.2, 0.25) is 0 Å². The predicted molar refractivity (Wildman–Crippen MR) is 424 cm³/mol. The van der Waals surface area contributed by atoms with Crippen molar-refractivity contribution in [3.8, 4) is 0 Å². The van der Waals surface area contributed by atoms with Crippen LogP contribution < -0.4 is 0 Å². The van der Waals surface area contributed by atoms with Crippen LogP contribution in [0.5, 0.6) is 0 Å². The van der Waals surface area contributed by atoms with Gasteiger partial charge in [0, 0.05) is 51.7 Å². The first-order valence-corrected chi connectivity index (χ1v) is 40.6. The van der Waals surface area contributed by atoms with Crippen LogP contribution in [0.4, 0.5) is 0 Å². The maximum Gasteiger partial charge on any atom is 0.346 e. The van der Waals surface area contributed by atoms with Crippen molar-refractivity contribution in [3.05, 3.63) is 108 Å². The fraction of sp³-hybridized carbons (Fsp3) is 0.568. The molecule has 2 saturated carbocycles. The highest BCUT2D eigenvalue weighted by Crippen LogP contribution is 2.37. The molecule has 4 saturated heterocycles. The molecule has 652 valence electrons. The molecule has 0 bridgehead atoms. The summed E-state index contributed by atoms with van der Waals surface area (Å²) in [4.78, 5) is 214. The van der Waals surface area contributed by atoms with Crippen molar-refractivity contribution < 1.29 is 143 Å². The molecule has 0 N–H and O–H groups in total. The molecular weight excluding hydrogens is 1540 g/mol. The number of hydrogen-bond donors (Lipinski definition) is 0. The van der Waals surface area contributed by atoms with Crippen LogP contribution in [-0.2, 0) is 134 Å². The van der Waals surface area contributed by atoms with E-state index in [1.165, 1.54) is 78.1 Å². The van der Waals surface area contributed by atoms with E-state index in [-0.39, 0.29) is 109 Å². The van der Waals surface area contributed by atoms with E-state index < -0.39 is 83.6 Å². The number of unbranched alkanes of at least 4 members (excludes halogenated alkanes) is 11. The number of allylic oxidation sites excluding steroid dienone is 3. The zero-order chi connectivity index (χ0) is 88.9. The summed E-state index contributed by atoms with van der Waals surface area (Å²) in [5.41, 5.74) is 0.716. The number of fused-ring (bicyclic) bond motifs is 2. The number of cyclic esters (lactones) is 10. The third kappa shape index (κ3) is 50.5. The number of carbonyl (C=O) groups excluding carboxylic acids is 20. The van der Waals surface area contributed by atoms with Crippen LogP contribution in [0.15, 0.2) is 97.1 Å². The third-order valence-electron chi connectivity index (χ3n) is 17.3. The van der Waals surface area contributed by atoms with Crippen LogP contribution in [0.3, 0.4) is 0 Å². The summed E-state index contributed by atoms with van der Waals surface area (Å²) < 4.78 is 43.9. The molecule has 9 rings (SSSR count). The van der Waals surface area contributed by atoms with E-state index in [2.05, 4.69) is 62.6 Å². The van der Waals surface area contributed by atoms with Gasteiger partial charge in [0.05, 0.1) is 71.3 Å². The highest BCUT2D eigenvalue weighted by Gasteiger charge is 2.46. The minimum absolute atomic E-state index is 0.101. The molecule has 0 amide bonds. The van der Waals surface area contributed by atoms with Gasteiger partial charge < -0.3 is 47.4 Å². The summed E-state index contributed by atoms with van der Waals surface area (Å²) in [6.07, 6.45) is 37.6. The Morgan fingerprint density at radius 1 is 0.381 bits per heavy atom. The van der Waals surface area contributed by atoms with E-state index in [1.807, 2.05) is 26.0 Å². The smallest absolute Gasteiger partial charge is 0.346 e. The van der Waals surface area contributed by atoms with Crippen molar-refractivity contribution >= 4 is 119 Å². The summed E-state index contributed by atoms with van der Waals surface area (Å²) in [6, 6.07) is 16.8. The van der Waals surface area contributed by atoms with Crippen molar-refractivity contribution in [2.45, 2.75) is 276 Å². The van der Waals surface area contributed by atoms with E-state index >= 15 is 0 Å². The number of hydrogen-bond acceptors (Lipinski definition) is 30. The lowest BCUT2D eigenvalue weighted by Gasteiger charge is -2.18. The Balaban J connectivity index is 0.00000131. The van der Waals surface area contributed by atoms with Crippen LogP contribution in [0.1, 0.15) is 296 Å². The highest BCUT2D eigenvalue weighted by atomic mass is 16.6. The molecule has 7 aliphatic rings. The number of esters is 20. The fourth-order valence-corrected chi connectivity index (χ4v) is 10.9. The standard InChI is InChI=1S/C16H26O3.C14H10O3.C12H18O3.2C8H10O3.2C8H14O3.C6H10O3.C4H2O3.C4H6O3/c1-2-3-4-5-6-7-8-9-10-11-12-14-13-15(17)19-16(14)18;15-13(11-7-3-1-4-8-11)17-14(16)12-9-5-2-6-10-12;1-2-3-4-5-6-7-8-10-9-11(13)15-12(10)14;2*9-7-5-3-1-2-4-6(5)8(10)11-7;1-5(2)7(9)11-8(10)6(3)4;1-3-5-7(9)11-8(10)6-4-2;1-3-5(7)9-6(8)4-2;5-3-1-2-4(6)7-3;1-3(5)7-4(2)6/h10-11,14H,2-9,12-13H2,1H3;1-10H;7-8,10H,2-6,9H2,1H3;2*5-6H,1-4H2;5-6H,1-4H3;3-6H2,1-2H3;3-4H2,1-2H3;1-2H;1-2H3/b11-10-;;8-7-;;;;;;;. The van der Waals surface area contributed by atoms with Gasteiger partial charge >= 0.3 is 119 Å². The largest absolute Gasteiger partial charge is 0.394 e. The summed E-state index contributed by atoms with van der Waals surface area (Å²) in [5, 5.41) is 0. The van der Waals surface area contributed by atoms with Crippen LogP contribution in [0.25, 0.3) is 0 Å². The second-order valence-electron chi connectivity index (χ2n) is 28.2. The average Bonchev–Trinajstić information content (AvgIpc) is 1.68. The first kappa shape index (κ1) is 107. The molecule has 30 heteroatoms. The van der Waals surface area contributed by atoms with Gasteiger partial charge in [-0.1, -0.05) is 213 Å². The number of benzene rings is 2. The molecule has 2 aliphatic carbocycles. The Morgan fingerprint density at radius 2 is 0.746 bits per heavy atom. The average molecular weight is 1660 g/mol. The summed E-state index contributed by atoms with van der Waals surface area (Å²) in [6.45, 7) is 20.6. The Bertz CT molecular complexity index is 3460. The summed E-state index contributed by atoms with van der Waals surface area (Å²) >= 11 is 0. The van der Waals surface area contributed by atoms with Gasteiger partial charge in [-0.3, -0.25) is 76.7 Å². The topological polar surface area (TPSA) is 434 Å². The molecule has 0 aromatic heterocycles. The minimum Gasteiger partial charge on any atom is -0.394 e. The minimum atomic E-state index is -0.639. The van der Waals surface area contributed by atoms with Crippen LogP contribution in [-0.4, -0.2) is 119 Å². The van der Waals surface area contributed by atoms with E-state index in [4.69, 9.17) is 4.74 Å². The lowest BCUT2D eigenvalue weighted by molar-refractivity contribution is -0.165. The van der Waals surface area contributed by atoms with Crippen molar-refractivity contribution in [2.24, 2.45) is 47.3 Å². The Hall–Kier alpha value is -10.9. The van der Waals surface area contributed by atoms with Gasteiger partial charge in [0.25, 0.3) is 0 Å². The Kier molecular flexibility index (Phi) is 58.2. The number of rotatable bonds is 26. The maximum absolute atomic E-state index is 11.6. The van der Waals surface area contributed by atoms with Crippen LogP contribution >= 0.6 is 0 Å². The molecule has 5 heterocycles. The van der Waals surface area contributed by atoms with Crippen LogP contribution in [0.2, 0.25) is 0 Å². The third-order valence-corrected chi connectivity index (χ3v) is 17.3. The molecule has 30 nitrogen and oxygen atoms in total. The highest BCUT2D eigenvalue weighted by molar-refractivity contribution is 6.05. The van der Waals surface area contributed by atoms with Gasteiger partial charge in [-0.2, -0.15) is 0 Å². The van der Waals surface area contributed by atoms with Gasteiger partial charge in [-0.05, 0) is 94.9 Å². The van der Waals surface area contributed by atoms with Gasteiger partial charge in [0.1, 0.15) is 0 Å². The lowest BCUT2D eigenvalue weighted by Crippen LogP contribution is -2.21. The van der Waals surface area contributed by atoms with Crippen molar-refractivity contribution in [1.29, 1.82) is 0 Å². The van der Waals surface area contributed by atoms with Crippen molar-refractivity contribution in [2.75, 3.05) is 0 Å². The first-order valence-electron chi connectivity index (χ1n) is 40.6. The number of ether oxygens (including phenoxy) is 10. The second kappa shape index (κ2) is 64.2. The SMILES string of the molecule is CC(=O)OC(C)=O.CC(C)C(=O)OC(=O)C(C)C.CCC(=O)OC(=O)CC.CCCC(=O)OC(=O)CCC.CCCCCC/C=C\C1CC(=O)OC1=O.CCCCCCCCC/C=C\CC1CC(=O)OC1=O.O=C(OC(=O)c1ccccc1)c1ccccc1.O=C1C=CC(=O)O1.O=C1OC(=O)C2CCCCC12.O=C1OC(=O)C2CCCCC12. The molecule has 2 aromatic carbocycles. The van der Waals surface area contributed by atoms with Gasteiger partial charge in [0.15, 0.2) is 0 Å². The monoisotopic (exact) mass is 1660 g/mol. The Morgan fingerprint density at radius 3 is 1.07 bits per heavy atom. The molecular formula is C88H120O30. The molecule has 0 spiro atoms. The normalized spacial score (nSPS) is 18.1. The van der Waals surface area contributed by atoms with Crippen molar-refractivity contribution in [1.82, 2.24) is 0 Å². The molecule has 6 atom stereocenters. The van der Waals surface area contributed by atoms with E-state index in [0.29, 0.717) is 30.4 Å². The molecule has 0 radical (unpaired) electrons. The van der Waals surface area contributed by atoms with E-state index in [9.17, 15) is 95.9 Å². The van der Waals surface area contributed by atoms with Gasteiger partial charge in [-0.15, -0.1) is 0 Å².